The van der Waals surface area contributed by atoms with Gasteiger partial charge in [-0.15, -0.1) is 12.4 Å². The molecule has 1 saturated heterocycles. The molecule has 3 N–H and O–H groups in total. The molecule has 1 aliphatic rings. The number of carbonyl (C=O) groups is 1. The second-order valence-electron chi connectivity index (χ2n) is 4.92. The van der Waals surface area contributed by atoms with E-state index in [1.807, 2.05) is 19.1 Å². The molecule has 1 amide bonds. The van der Waals surface area contributed by atoms with Gasteiger partial charge in [-0.3, -0.25) is 4.79 Å². The maximum absolute atomic E-state index is 12.0. The summed E-state index contributed by atoms with van der Waals surface area (Å²) in [6.07, 6.45) is 3.63. The van der Waals surface area contributed by atoms with Crippen molar-refractivity contribution in [2.24, 2.45) is 0 Å². The fourth-order valence-electron chi connectivity index (χ4n) is 2.23. The minimum absolute atomic E-state index is 0. The zero-order chi connectivity index (χ0) is 13.8. The minimum atomic E-state index is -0.0453. The van der Waals surface area contributed by atoms with Gasteiger partial charge in [-0.2, -0.15) is 0 Å². The van der Waals surface area contributed by atoms with Crippen LogP contribution < -0.4 is 11.1 Å². The normalized spacial score (nSPS) is 18.2. The third-order valence-corrected chi connectivity index (χ3v) is 3.77. The van der Waals surface area contributed by atoms with Crippen LogP contribution in [-0.2, 0) is 9.53 Å². The smallest absolute Gasteiger partial charge is 0.227 e. The third kappa shape index (κ3) is 4.65. The highest BCUT2D eigenvalue weighted by Crippen LogP contribution is 2.28. The van der Waals surface area contributed by atoms with Crippen LogP contribution in [0.5, 0.6) is 0 Å². The highest BCUT2D eigenvalue weighted by atomic mass is 79.9. The van der Waals surface area contributed by atoms with Crippen molar-refractivity contribution in [3.05, 3.63) is 22.2 Å². The van der Waals surface area contributed by atoms with Crippen LogP contribution in [-0.4, -0.2) is 18.6 Å². The lowest BCUT2D eigenvalue weighted by molar-refractivity contribution is -0.119. The van der Waals surface area contributed by atoms with Crippen molar-refractivity contribution in [2.75, 3.05) is 17.7 Å². The van der Waals surface area contributed by atoms with Crippen molar-refractivity contribution in [1.82, 2.24) is 0 Å². The first-order valence-corrected chi connectivity index (χ1v) is 7.32. The van der Waals surface area contributed by atoms with Gasteiger partial charge in [0, 0.05) is 11.1 Å². The Balaban J connectivity index is 0.00000200. The van der Waals surface area contributed by atoms with Gasteiger partial charge in [0.05, 0.1) is 23.9 Å². The average molecular weight is 364 g/mol. The number of carbonyl (C=O) groups excluding carboxylic acids is 1. The number of anilines is 2. The first kappa shape index (κ1) is 17.3. The molecule has 4 nitrogen and oxygen atoms in total. The van der Waals surface area contributed by atoms with Gasteiger partial charge in [0.15, 0.2) is 0 Å². The summed E-state index contributed by atoms with van der Waals surface area (Å²) in [5, 5.41) is 2.87. The zero-order valence-corrected chi connectivity index (χ0v) is 13.9. The van der Waals surface area contributed by atoms with Gasteiger partial charge in [0.1, 0.15) is 0 Å². The number of hydrogen-bond donors (Lipinski definition) is 2. The molecule has 0 aromatic heterocycles. The highest BCUT2D eigenvalue weighted by molar-refractivity contribution is 9.10. The summed E-state index contributed by atoms with van der Waals surface area (Å²) >= 11 is 3.40. The average Bonchev–Trinajstić information content (AvgIpc) is 2.36. The molecule has 20 heavy (non-hydrogen) atoms. The van der Waals surface area contributed by atoms with Crippen LogP contribution in [0, 0.1) is 6.92 Å². The Morgan fingerprint density at radius 2 is 2.25 bits per heavy atom. The van der Waals surface area contributed by atoms with Gasteiger partial charge in [-0.1, -0.05) is 15.9 Å². The molecular weight excluding hydrogens is 344 g/mol. The Bertz CT molecular complexity index is 476. The molecule has 1 aromatic carbocycles. The number of nitrogens with one attached hydrogen (secondary N) is 1. The van der Waals surface area contributed by atoms with Crippen LogP contribution >= 0.6 is 28.3 Å². The maximum Gasteiger partial charge on any atom is 0.227 e. The Morgan fingerprint density at radius 3 is 2.90 bits per heavy atom. The Hall–Kier alpha value is -0.780. The molecule has 1 atom stereocenters. The zero-order valence-electron chi connectivity index (χ0n) is 11.4. The Labute approximate surface area is 134 Å². The molecule has 0 spiro atoms. The van der Waals surface area contributed by atoms with E-state index in [1.54, 1.807) is 0 Å². The molecule has 1 aliphatic heterocycles. The van der Waals surface area contributed by atoms with Gasteiger partial charge in [-0.25, -0.2) is 0 Å². The number of ether oxygens (including phenoxy) is 1. The molecule has 6 heteroatoms. The molecule has 0 saturated carbocycles. The molecular formula is C14H20BrClN2O2. The van der Waals surface area contributed by atoms with Crippen LogP contribution in [0.1, 0.15) is 31.2 Å². The summed E-state index contributed by atoms with van der Waals surface area (Å²) in [5.41, 5.74) is 8.18. The van der Waals surface area contributed by atoms with Gasteiger partial charge < -0.3 is 15.8 Å². The van der Waals surface area contributed by atoms with Gasteiger partial charge in [0.25, 0.3) is 0 Å². The predicted octanol–water partition coefficient (Wildman–Crippen LogP) is 3.66. The first-order valence-electron chi connectivity index (χ1n) is 6.53. The van der Waals surface area contributed by atoms with E-state index in [9.17, 15) is 4.79 Å². The fourth-order valence-corrected chi connectivity index (χ4v) is 2.81. The van der Waals surface area contributed by atoms with Crippen molar-refractivity contribution in [3.63, 3.8) is 0 Å². The topological polar surface area (TPSA) is 64.3 Å². The summed E-state index contributed by atoms with van der Waals surface area (Å²) in [6, 6.07) is 3.75. The number of hydrogen-bond acceptors (Lipinski definition) is 3. The molecule has 0 radical (unpaired) electrons. The monoisotopic (exact) mass is 362 g/mol. The van der Waals surface area contributed by atoms with Gasteiger partial charge >= 0.3 is 0 Å². The lowest BCUT2D eigenvalue weighted by atomic mass is 10.1. The lowest BCUT2D eigenvalue weighted by Gasteiger charge is -2.22. The van der Waals surface area contributed by atoms with E-state index in [-0.39, 0.29) is 24.4 Å². The number of nitrogen functional groups attached to an aromatic ring is 1. The van der Waals surface area contributed by atoms with Crippen LogP contribution in [0.4, 0.5) is 11.4 Å². The molecule has 0 aliphatic carbocycles. The molecule has 1 heterocycles. The van der Waals surface area contributed by atoms with E-state index in [0.717, 1.165) is 35.9 Å². The number of amides is 1. The molecule has 0 bridgehead atoms. The minimum Gasteiger partial charge on any atom is -0.397 e. The maximum atomic E-state index is 12.0. The lowest BCUT2D eigenvalue weighted by Crippen LogP contribution is -2.25. The van der Waals surface area contributed by atoms with Crippen LogP contribution in [0.15, 0.2) is 16.6 Å². The fraction of sp³-hybridized carbons (Fsp3) is 0.500. The molecule has 1 unspecified atom stereocenters. The summed E-state index contributed by atoms with van der Waals surface area (Å²) < 4.78 is 6.47. The quantitative estimate of drug-likeness (QED) is 0.806. The standard InChI is InChI=1S/C14H19BrN2O2.ClH/c1-9-6-10(15)7-12(14(9)16)17-13(18)8-11-4-2-3-5-19-11;/h6-7,11H,2-5,8,16H2,1H3,(H,17,18);1H. The molecule has 1 aromatic rings. The van der Waals surface area contributed by atoms with E-state index in [4.69, 9.17) is 10.5 Å². The second kappa shape index (κ2) is 7.86. The van der Waals surface area contributed by atoms with E-state index in [1.165, 1.54) is 0 Å². The van der Waals surface area contributed by atoms with E-state index < -0.39 is 0 Å². The number of nitrogens with two attached hydrogens (primary N) is 1. The molecule has 2 rings (SSSR count). The summed E-state index contributed by atoms with van der Waals surface area (Å²) in [5.74, 6) is -0.0453. The van der Waals surface area contributed by atoms with Crippen molar-refractivity contribution in [2.45, 2.75) is 38.7 Å². The van der Waals surface area contributed by atoms with E-state index >= 15 is 0 Å². The third-order valence-electron chi connectivity index (χ3n) is 3.31. The highest BCUT2D eigenvalue weighted by Gasteiger charge is 2.18. The van der Waals surface area contributed by atoms with Crippen LogP contribution in [0.25, 0.3) is 0 Å². The van der Waals surface area contributed by atoms with Gasteiger partial charge in [-0.05, 0) is 43.9 Å². The van der Waals surface area contributed by atoms with Gasteiger partial charge in [0.2, 0.25) is 5.91 Å². The summed E-state index contributed by atoms with van der Waals surface area (Å²) in [7, 11) is 0. The molecule has 1 fully saturated rings. The summed E-state index contributed by atoms with van der Waals surface area (Å²) in [4.78, 5) is 12.0. The Kier molecular flexibility index (Phi) is 6.79. The number of halogens is 2. The van der Waals surface area contributed by atoms with E-state index in [2.05, 4.69) is 21.2 Å². The molecule has 112 valence electrons. The van der Waals surface area contributed by atoms with E-state index in [0.29, 0.717) is 17.8 Å². The number of aryl methyl sites for hydroxylation is 1. The number of rotatable bonds is 3. The van der Waals surface area contributed by atoms with Crippen molar-refractivity contribution < 1.29 is 9.53 Å². The Morgan fingerprint density at radius 1 is 1.50 bits per heavy atom. The van der Waals surface area contributed by atoms with Crippen molar-refractivity contribution in [1.29, 1.82) is 0 Å². The largest absolute Gasteiger partial charge is 0.397 e. The van der Waals surface area contributed by atoms with Crippen molar-refractivity contribution in [3.8, 4) is 0 Å². The van der Waals surface area contributed by atoms with Crippen LogP contribution in [0.2, 0.25) is 0 Å². The second-order valence-corrected chi connectivity index (χ2v) is 5.84. The predicted molar refractivity (Wildman–Crippen MR) is 87.4 cm³/mol. The summed E-state index contributed by atoms with van der Waals surface area (Å²) in [6.45, 7) is 2.68. The first-order chi connectivity index (χ1) is 9.06. The van der Waals surface area contributed by atoms with Crippen molar-refractivity contribution >= 4 is 45.6 Å². The SMILES string of the molecule is Cc1cc(Br)cc(NC(=O)CC2CCCCO2)c1N.Cl. The van der Waals surface area contributed by atoms with Crippen LogP contribution in [0.3, 0.4) is 0 Å². The number of benzene rings is 1.